The van der Waals surface area contributed by atoms with Crippen LogP contribution in [-0.4, -0.2) is 16.2 Å². The van der Waals surface area contributed by atoms with E-state index in [0.29, 0.717) is 18.2 Å². The summed E-state index contributed by atoms with van der Waals surface area (Å²) in [7, 11) is 0. The molecule has 0 radical (unpaired) electrons. The lowest BCUT2D eigenvalue weighted by Gasteiger charge is -1.94. The van der Waals surface area contributed by atoms with Gasteiger partial charge in [0.15, 0.2) is 0 Å². The molecule has 0 spiro atoms. The van der Waals surface area contributed by atoms with Gasteiger partial charge in [-0.3, -0.25) is 4.57 Å². The molecule has 4 heteroatoms. The molecule has 0 saturated heterocycles. The molecule has 2 aromatic rings. The van der Waals surface area contributed by atoms with Crippen molar-refractivity contribution in [3.63, 3.8) is 0 Å². The normalized spacial score (nSPS) is 13.6. The Labute approximate surface area is 80.3 Å². The summed E-state index contributed by atoms with van der Waals surface area (Å²) in [6.45, 7) is 1.54. The zero-order chi connectivity index (χ0) is 9.54. The van der Waals surface area contributed by atoms with Crippen LogP contribution in [0.2, 0.25) is 0 Å². The average Bonchev–Trinajstić information content (AvgIpc) is 2.75. The Hall–Kier alpha value is -2.02. The second-order valence-corrected chi connectivity index (χ2v) is 3.21. The molecule has 3 rings (SSSR count). The van der Waals surface area contributed by atoms with E-state index in [0.717, 1.165) is 17.6 Å². The first kappa shape index (κ1) is 7.39. The van der Waals surface area contributed by atoms with Gasteiger partial charge in [0.1, 0.15) is 6.61 Å². The van der Waals surface area contributed by atoms with Crippen LogP contribution in [0.15, 0.2) is 18.2 Å². The number of benzene rings is 1. The number of aromatic nitrogens is 2. The molecule has 4 nitrogen and oxygen atoms in total. The lowest BCUT2D eigenvalue weighted by Crippen LogP contribution is -1.93. The van der Waals surface area contributed by atoms with E-state index in [9.17, 15) is 0 Å². The summed E-state index contributed by atoms with van der Waals surface area (Å²) in [5.74, 6) is 0. The van der Waals surface area contributed by atoms with Crippen molar-refractivity contribution >= 4 is 11.0 Å². The minimum atomic E-state index is 0.634. The van der Waals surface area contributed by atoms with Crippen LogP contribution in [-0.2, 0) is 6.54 Å². The topological polar surface area (TPSA) is 50.8 Å². The minimum absolute atomic E-state index is 0.634. The van der Waals surface area contributed by atoms with E-state index in [2.05, 4.69) is 11.1 Å². The monoisotopic (exact) mass is 185 g/mol. The largest absolute Gasteiger partial charge is 0.463 e. The third kappa shape index (κ3) is 0.839. The van der Waals surface area contributed by atoms with Gasteiger partial charge in [0.2, 0.25) is 0 Å². The van der Waals surface area contributed by atoms with Crippen molar-refractivity contribution in [1.29, 1.82) is 5.26 Å². The highest BCUT2D eigenvalue weighted by Crippen LogP contribution is 2.25. The number of nitrogens with zero attached hydrogens (tertiary/aromatic N) is 3. The van der Waals surface area contributed by atoms with Gasteiger partial charge in [0, 0.05) is 0 Å². The van der Waals surface area contributed by atoms with E-state index < -0.39 is 0 Å². The second-order valence-electron chi connectivity index (χ2n) is 3.21. The number of ether oxygens (including phenoxy) is 1. The molecule has 0 fully saturated rings. The molecule has 68 valence electrons. The van der Waals surface area contributed by atoms with Crippen LogP contribution in [0.4, 0.5) is 0 Å². The number of rotatable bonds is 0. The fraction of sp³-hybridized carbons (Fsp3) is 0.200. The van der Waals surface area contributed by atoms with Gasteiger partial charge in [-0.1, -0.05) is 0 Å². The Morgan fingerprint density at radius 1 is 1.50 bits per heavy atom. The van der Waals surface area contributed by atoms with Crippen molar-refractivity contribution in [2.45, 2.75) is 6.54 Å². The molecular formula is C10H7N3O. The summed E-state index contributed by atoms with van der Waals surface area (Å²) in [6, 6.07) is 8.25. The second kappa shape index (κ2) is 2.48. The summed E-state index contributed by atoms with van der Waals surface area (Å²) < 4.78 is 7.35. The smallest absolute Gasteiger partial charge is 0.297 e. The van der Waals surface area contributed by atoms with Gasteiger partial charge in [0.25, 0.3) is 6.01 Å². The zero-order valence-electron chi connectivity index (χ0n) is 7.40. The molecule has 0 unspecified atom stereocenters. The number of fused-ring (bicyclic) bond motifs is 3. The predicted molar refractivity (Wildman–Crippen MR) is 49.9 cm³/mol. The van der Waals surface area contributed by atoms with E-state index in [4.69, 9.17) is 10.00 Å². The van der Waals surface area contributed by atoms with Gasteiger partial charge >= 0.3 is 0 Å². The van der Waals surface area contributed by atoms with Gasteiger partial charge < -0.3 is 4.74 Å². The molecule has 0 aliphatic carbocycles. The summed E-state index contributed by atoms with van der Waals surface area (Å²) in [5.41, 5.74) is 2.50. The molecule has 14 heavy (non-hydrogen) atoms. The lowest BCUT2D eigenvalue weighted by atomic mass is 10.2. The molecule has 1 aromatic heterocycles. The van der Waals surface area contributed by atoms with Crippen molar-refractivity contribution in [2.24, 2.45) is 0 Å². The zero-order valence-corrected chi connectivity index (χ0v) is 7.40. The summed E-state index contributed by atoms with van der Waals surface area (Å²) in [5, 5.41) is 8.73. The molecule has 0 N–H and O–H groups in total. The van der Waals surface area contributed by atoms with Crippen LogP contribution in [0.5, 0.6) is 6.01 Å². The Morgan fingerprint density at radius 2 is 2.43 bits per heavy atom. The third-order valence-electron chi connectivity index (χ3n) is 2.39. The van der Waals surface area contributed by atoms with Crippen molar-refractivity contribution < 1.29 is 4.74 Å². The quantitative estimate of drug-likeness (QED) is 0.621. The minimum Gasteiger partial charge on any atom is -0.463 e. The number of hydrogen-bond acceptors (Lipinski definition) is 3. The van der Waals surface area contributed by atoms with Crippen LogP contribution in [0.1, 0.15) is 5.56 Å². The van der Waals surface area contributed by atoms with Gasteiger partial charge in [-0.05, 0) is 18.2 Å². The summed E-state index contributed by atoms with van der Waals surface area (Å²) in [6.07, 6.45) is 0. The van der Waals surface area contributed by atoms with E-state index in [1.54, 1.807) is 12.1 Å². The van der Waals surface area contributed by atoms with Crippen LogP contribution < -0.4 is 4.74 Å². The number of imidazole rings is 1. The molecule has 1 aromatic carbocycles. The molecule has 0 atom stereocenters. The molecule has 2 heterocycles. The first-order valence-corrected chi connectivity index (χ1v) is 4.42. The standard InChI is InChI=1S/C10H7N3O/c11-6-7-1-2-9-8(5-7)12-10-13(9)3-4-14-10/h1-2,5H,3-4H2. The van der Waals surface area contributed by atoms with E-state index in [1.165, 1.54) is 0 Å². The Bertz CT molecular complexity index is 550. The van der Waals surface area contributed by atoms with E-state index in [1.807, 2.05) is 10.6 Å². The van der Waals surface area contributed by atoms with Crippen LogP contribution in [0, 0.1) is 11.3 Å². The van der Waals surface area contributed by atoms with Gasteiger partial charge in [0.05, 0.1) is 29.2 Å². The first-order valence-electron chi connectivity index (χ1n) is 4.42. The fourth-order valence-corrected chi connectivity index (χ4v) is 1.73. The highest BCUT2D eigenvalue weighted by Gasteiger charge is 2.16. The summed E-state index contributed by atoms with van der Waals surface area (Å²) in [4.78, 5) is 4.29. The maximum absolute atomic E-state index is 8.73. The summed E-state index contributed by atoms with van der Waals surface area (Å²) >= 11 is 0. The highest BCUT2D eigenvalue weighted by atomic mass is 16.5. The first-order chi connectivity index (χ1) is 6.88. The average molecular weight is 185 g/mol. The van der Waals surface area contributed by atoms with Gasteiger partial charge in [-0.25, -0.2) is 0 Å². The van der Waals surface area contributed by atoms with Crippen molar-refractivity contribution in [3.05, 3.63) is 23.8 Å². The van der Waals surface area contributed by atoms with Crippen LogP contribution in [0.25, 0.3) is 11.0 Å². The Kier molecular flexibility index (Phi) is 1.31. The third-order valence-corrected chi connectivity index (χ3v) is 2.39. The molecule has 1 aliphatic heterocycles. The lowest BCUT2D eigenvalue weighted by molar-refractivity contribution is 0.346. The van der Waals surface area contributed by atoms with E-state index in [-0.39, 0.29) is 0 Å². The molecular weight excluding hydrogens is 178 g/mol. The highest BCUT2D eigenvalue weighted by molar-refractivity contribution is 5.78. The number of nitriles is 1. The molecule has 0 amide bonds. The maximum Gasteiger partial charge on any atom is 0.297 e. The SMILES string of the molecule is N#Cc1ccc2c(c1)nc1n2CCO1. The van der Waals surface area contributed by atoms with E-state index >= 15 is 0 Å². The Balaban J connectivity index is 2.33. The van der Waals surface area contributed by atoms with Crippen LogP contribution >= 0.6 is 0 Å². The number of hydrogen-bond donors (Lipinski definition) is 0. The van der Waals surface area contributed by atoms with Crippen LogP contribution in [0.3, 0.4) is 0 Å². The fourth-order valence-electron chi connectivity index (χ4n) is 1.73. The van der Waals surface area contributed by atoms with Crippen molar-refractivity contribution in [2.75, 3.05) is 6.61 Å². The van der Waals surface area contributed by atoms with Gasteiger partial charge in [-0.15, -0.1) is 0 Å². The van der Waals surface area contributed by atoms with Gasteiger partial charge in [-0.2, -0.15) is 10.2 Å². The maximum atomic E-state index is 8.73. The molecule has 0 bridgehead atoms. The predicted octanol–water partition coefficient (Wildman–Crippen LogP) is 1.30. The van der Waals surface area contributed by atoms with Crippen molar-refractivity contribution in [3.8, 4) is 12.1 Å². The molecule has 1 aliphatic rings. The van der Waals surface area contributed by atoms with Crippen molar-refractivity contribution in [1.82, 2.24) is 9.55 Å². The molecule has 0 saturated carbocycles. The Morgan fingerprint density at radius 3 is 3.29 bits per heavy atom.